The molecule has 1 saturated heterocycles. The highest BCUT2D eigenvalue weighted by Crippen LogP contribution is 2.28. The summed E-state index contributed by atoms with van der Waals surface area (Å²) < 4.78 is 4.91. The normalized spacial score (nSPS) is 14.7. The maximum Gasteiger partial charge on any atom is 0.255 e. The highest BCUT2D eigenvalue weighted by molar-refractivity contribution is 5.98. The van der Waals surface area contributed by atoms with Crippen LogP contribution in [-0.2, 0) is 16.1 Å². The van der Waals surface area contributed by atoms with Gasteiger partial charge in [0, 0.05) is 38.4 Å². The summed E-state index contributed by atoms with van der Waals surface area (Å²) in [7, 11) is 1.52. The van der Waals surface area contributed by atoms with E-state index in [4.69, 9.17) is 10.5 Å². The highest BCUT2D eigenvalue weighted by atomic mass is 16.5. The van der Waals surface area contributed by atoms with E-state index in [-0.39, 0.29) is 30.2 Å². The minimum atomic E-state index is -0.236. The summed E-state index contributed by atoms with van der Waals surface area (Å²) in [5, 5.41) is 2.87. The van der Waals surface area contributed by atoms with Crippen LogP contribution in [0.4, 0.5) is 5.82 Å². The number of anilines is 1. The zero-order valence-corrected chi connectivity index (χ0v) is 16.1. The number of nitrogens with one attached hydrogen (secondary N) is 1. The van der Waals surface area contributed by atoms with E-state index >= 15 is 0 Å². The molecule has 0 spiro atoms. The number of carbonyl (C=O) groups excluding carboxylic acids is 2. The first-order valence-electron chi connectivity index (χ1n) is 9.43. The van der Waals surface area contributed by atoms with E-state index in [1.165, 1.54) is 7.11 Å². The van der Waals surface area contributed by atoms with Crippen LogP contribution in [0.2, 0.25) is 0 Å². The van der Waals surface area contributed by atoms with Gasteiger partial charge in [0.05, 0.1) is 5.56 Å². The van der Waals surface area contributed by atoms with Crippen molar-refractivity contribution in [2.24, 2.45) is 0 Å². The van der Waals surface area contributed by atoms with Crippen LogP contribution in [0.1, 0.15) is 40.4 Å². The van der Waals surface area contributed by atoms with Crippen molar-refractivity contribution in [3.8, 4) is 0 Å². The van der Waals surface area contributed by atoms with Gasteiger partial charge in [0.15, 0.2) is 0 Å². The molecule has 2 amide bonds. The number of hydrogen-bond donors (Lipinski definition) is 2. The maximum atomic E-state index is 12.4. The molecule has 1 aromatic heterocycles. The monoisotopic (exact) mass is 382 g/mol. The van der Waals surface area contributed by atoms with E-state index in [9.17, 15) is 9.59 Å². The van der Waals surface area contributed by atoms with Gasteiger partial charge in [-0.05, 0) is 30.5 Å². The largest absolute Gasteiger partial charge is 0.383 e. The number of nitrogen functional groups attached to an aromatic ring is 1. The Morgan fingerprint density at radius 3 is 2.54 bits per heavy atom. The Bertz CT molecular complexity index is 818. The van der Waals surface area contributed by atoms with Crippen LogP contribution in [0.25, 0.3) is 0 Å². The number of carbonyl (C=O) groups is 2. The summed E-state index contributed by atoms with van der Waals surface area (Å²) in [6.45, 7) is 1.90. The van der Waals surface area contributed by atoms with Gasteiger partial charge < -0.3 is 20.7 Å². The number of benzene rings is 1. The van der Waals surface area contributed by atoms with Gasteiger partial charge in [-0.1, -0.05) is 30.3 Å². The zero-order chi connectivity index (χ0) is 19.9. The molecule has 0 unspecified atom stereocenters. The fourth-order valence-corrected chi connectivity index (χ4v) is 3.42. The number of methoxy groups -OCH3 is 1. The molecule has 1 aliphatic heterocycles. The molecule has 3 rings (SSSR count). The average molecular weight is 382 g/mol. The summed E-state index contributed by atoms with van der Waals surface area (Å²) in [5.74, 6) is 0.246. The number of nitrogens with zero attached hydrogens (tertiary/aromatic N) is 2. The molecular weight excluding hydrogens is 356 g/mol. The number of ether oxygens (including phenoxy) is 1. The van der Waals surface area contributed by atoms with Crippen molar-refractivity contribution >= 4 is 17.6 Å². The molecular formula is C21H26N4O3. The summed E-state index contributed by atoms with van der Waals surface area (Å²) in [6, 6.07) is 13.3. The van der Waals surface area contributed by atoms with Crippen molar-refractivity contribution in [1.82, 2.24) is 15.2 Å². The summed E-state index contributed by atoms with van der Waals surface area (Å²) >= 11 is 0. The Kier molecular flexibility index (Phi) is 6.60. The summed E-state index contributed by atoms with van der Waals surface area (Å²) in [6.07, 6.45) is 1.64. The molecule has 7 nitrogen and oxygen atoms in total. The number of piperidine rings is 1. The van der Waals surface area contributed by atoms with E-state index < -0.39 is 0 Å². The molecule has 0 radical (unpaired) electrons. The van der Waals surface area contributed by atoms with Gasteiger partial charge in [0.25, 0.3) is 5.91 Å². The van der Waals surface area contributed by atoms with Gasteiger partial charge in [-0.2, -0.15) is 0 Å². The second kappa shape index (κ2) is 9.32. The number of pyridine rings is 1. The molecule has 0 aliphatic carbocycles. The second-order valence-corrected chi connectivity index (χ2v) is 6.93. The van der Waals surface area contributed by atoms with Crippen molar-refractivity contribution in [3.63, 3.8) is 0 Å². The first kappa shape index (κ1) is 19.8. The van der Waals surface area contributed by atoms with E-state index in [0.29, 0.717) is 25.2 Å². The molecule has 2 aromatic rings. The lowest BCUT2D eigenvalue weighted by molar-refractivity contribution is -0.136. The number of aromatic nitrogens is 1. The van der Waals surface area contributed by atoms with Gasteiger partial charge in [0.2, 0.25) is 5.91 Å². The minimum absolute atomic E-state index is 0.0128. The van der Waals surface area contributed by atoms with E-state index in [1.54, 1.807) is 6.07 Å². The van der Waals surface area contributed by atoms with Gasteiger partial charge in [0.1, 0.15) is 12.4 Å². The number of likely N-dealkylation sites (tertiary alicyclic amines) is 1. The first-order chi connectivity index (χ1) is 13.6. The van der Waals surface area contributed by atoms with Gasteiger partial charge in [-0.3, -0.25) is 9.59 Å². The van der Waals surface area contributed by atoms with E-state index in [0.717, 1.165) is 24.1 Å². The predicted octanol–water partition coefficient (Wildman–Crippen LogP) is 1.95. The highest BCUT2D eigenvalue weighted by Gasteiger charge is 2.25. The maximum absolute atomic E-state index is 12.4. The molecule has 1 aliphatic rings. The smallest absolute Gasteiger partial charge is 0.255 e. The molecule has 148 valence electrons. The van der Waals surface area contributed by atoms with Gasteiger partial charge >= 0.3 is 0 Å². The number of rotatable bonds is 6. The fraction of sp³-hybridized carbons (Fsp3) is 0.381. The number of amides is 2. The van der Waals surface area contributed by atoms with Crippen molar-refractivity contribution < 1.29 is 14.3 Å². The SMILES string of the molecule is COCC(=O)N1CCC(c2ccc(C(=O)NCc3ccccc3)c(N)n2)CC1. The molecule has 28 heavy (non-hydrogen) atoms. The third-order valence-electron chi connectivity index (χ3n) is 5.02. The quantitative estimate of drug-likeness (QED) is 0.796. The Hall–Kier alpha value is -2.93. The molecule has 0 atom stereocenters. The lowest BCUT2D eigenvalue weighted by Gasteiger charge is -2.31. The molecule has 0 saturated carbocycles. The van der Waals surface area contributed by atoms with Crippen molar-refractivity contribution in [3.05, 3.63) is 59.3 Å². The third kappa shape index (κ3) is 4.86. The van der Waals surface area contributed by atoms with Crippen molar-refractivity contribution in [2.75, 3.05) is 32.5 Å². The Morgan fingerprint density at radius 2 is 1.89 bits per heavy atom. The Balaban J connectivity index is 1.58. The van der Waals surface area contributed by atoms with E-state index in [1.807, 2.05) is 41.3 Å². The Morgan fingerprint density at radius 1 is 1.18 bits per heavy atom. The lowest BCUT2D eigenvalue weighted by Crippen LogP contribution is -2.39. The van der Waals surface area contributed by atoms with Crippen LogP contribution in [0.3, 0.4) is 0 Å². The molecule has 1 fully saturated rings. The van der Waals surface area contributed by atoms with Crippen molar-refractivity contribution in [2.45, 2.75) is 25.3 Å². The van der Waals surface area contributed by atoms with Crippen LogP contribution in [0.5, 0.6) is 0 Å². The van der Waals surface area contributed by atoms with Crippen LogP contribution in [0.15, 0.2) is 42.5 Å². The lowest BCUT2D eigenvalue weighted by atomic mass is 9.92. The van der Waals surface area contributed by atoms with Crippen LogP contribution < -0.4 is 11.1 Å². The summed E-state index contributed by atoms with van der Waals surface area (Å²) in [4.78, 5) is 30.6. The number of nitrogens with two attached hydrogens (primary N) is 1. The minimum Gasteiger partial charge on any atom is -0.383 e. The summed E-state index contributed by atoms with van der Waals surface area (Å²) in [5.41, 5.74) is 8.34. The van der Waals surface area contributed by atoms with Crippen LogP contribution >= 0.6 is 0 Å². The molecule has 3 N–H and O–H groups in total. The second-order valence-electron chi connectivity index (χ2n) is 6.93. The average Bonchev–Trinajstić information content (AvgIpc) is 2.73. The topological polar surface area (TPSA) is 97.5 Å². The van der Waals surface area contributed by atoms with Crippen LogP contribution in [-0.4, -0.2) is 48.5 Å². The molecule has 7 heteroatoms. The predicted molar refractivity (Wildman–Crippen MR) is 107 cm³/mol. The van der Waals surface area contributed by atoms with Gasteiger partial charge in [-0.25, -0.2) is 4.98 Å². The van der Waals surface area contributed by atoms with Gasteiger partial charge in [-0.15, -0.1) is 0 Å². The third-order valence-corrected chi connectivity index (χ3v) is 5.02. The molecule has 1 aromatic carbocycles. The number of hydrogen-bond acceptors (Lipinski definition) is 5. The fourth-order valence-electron chi connectivity index (χ4n) is 3.42. The standard InChI is InChI=1S/C21H26N4O3/c1-28-14-19(26)25-11-9-16(10-12-25)18-8-7-17(20(22)24-18)21(27)23-13-15-5-3-2-4-6-15/h2-8,16H,9-14H2,1H3,(H2,22,24)(H,23,27). The molecule has 0 bridgehead atoms. The van der Waals surface area contributed by atoms with Crippen LogP contribution in [0, 0.1) is 0 Å². The Labute approximate surface area is 164 Å². The molecule has 2 heterocycles. The first-order valence-corrected chi connectivity index (χ1v) is 9.43. The van der Waals surface area contributed by atoms with E-state index in [2.05, 4.69) is 10.3 Å². The van der Waals surface area contributed by atoms with Crippen molar-refractivity contribution in [1.29, 1.82) is 0 Å². The zero-order valence-electron chi connectivity index (χ0n) is 16.1.